The lowest BCUT2D eigenvalue weighted by atomic mass is 9.98. The third-order valence-corrected chi connectivity index (χ3v) is 4.24. The fraction of sp³-hybridized carbons (Fsp3) is 0.600. The highest BCUT2D eigenvalue weighted by atomic mass is 16.7. The second-order valence-electron chi connectivity index (χ2n) is 5.52. The molecule has 2 atom stereocenters. The minimum Gasteiger partial charge on any atom is -0.454 e. The summed E-state index contributed by atoms with van der Waals surface area (Å²) < 4.78 is 10.8. The predicted molar refractivity (Wildman–Crippen MR) is 74.5 cm³/mol. The maximum absolute atomic E-state index is 5.44. The van der Waals surface area contributed by atoms with E-state index in [1.54, 1.807) is 0 Å². The summed E-state index contributed by atoms with van der Waals surface area (Å²) in [4.78, 5) is 2.55. The van der Waals surface area contributed by atoms with Crippen LogP contribution in [0, 0.1) is 0 Å². The van der Waals surface area contributed by atoms with Crippen LogP contribution in [0.5, 0.6) is 11.5 Å². The van der Waals surface area contributed by atoms with E-state index in [0.29, 0.717) is 18.9 Å². The number of ether oxygens (including phenoxy) is 2. The lowest BCUT2D eigenvalue weighted by Gasteiger charge is -2.37. The largest absolute Gasteiger partial charge is 0.454 e. The summed E-state index contributed by atoms with van der Waals surface area (Å²) in [5, 5.41) is 3.39. The van der Waals surface area contributed by atoms with Gasteiger partial charge in [0.1, 0.15) is 0 Å². The Kier molecular flexibility index (Phi) is 3.62. The molecule has 19 heavy (non-hydrogen) atoms. The zero-order valence-corrected chi connectivity index (χ0v) is 11.7. The SMILES string of the molecule is CNC1CCN(Cc2ccc3c(c2)OCO3)C(C)C1. The second-order valence-corrected chi connectivity index (χ2v) is 5.52. The molecular formula is C15H22N2O2. The molecule has 1 aromatic carbocycles. The van der Waals surface area contributed by atoms with Crippen molar-refractivity contribution in [3.63, 3.8) is 0 Å². The lowest BCUT2D eigenvalue weighted by Crippen LogP contribution is -2.46. The van der Waals surface area contributed by atoms with Gasteiger partial charge in [-0.05, 0) is 44.5 Å². The molecule has 1 fully saturated rings. The zero-order chi connectivity index (χ0) is 13.2. The van der Waals surface area contributed by atoms with Crippen LogP contribution in [0.4, 0.5) is 0 Å². The van der Waals surface area contributed by atoms with Crippen LogP contribution in [0.25, 0.3) is 0 Å². The number of likely N-dealkylation sites (tertiary alicyclic amines) is 1. The van der Waals surface area contributed by atoms with Crippen LogP contribution >= 0.6 is 0 Å². The topological polar surface area (TPSA) is 33.7 Å². The molecule has 0 amide bonds. The van der Waals surface area contributed by atoms with Gasteiger partial charge in [0.2, 0.25) is 6.79 Å². The first-order chi connectivity index (χ1) is 9.26. The second kappa shape index (κ2) is 5.39. The summed E-state index contributed by atoms with van der Waals surface area (Å²) in [6.07, 6.45) is 2.45. The minimum absolute atomic E-state index is 0.350. The smallest absolute Gasteiger partial charge is 0.231 e. The van der Waals surface area contributed by atoms with Gasteiger partial charge in [-0.15, -0.1) is 0 Å². The lowest BCUT2D eigenvalue weighted by molar-refractivity contribution is 0.131. The number of nitrogens with zero attached hydrogens (tertiary/aromatic N) is 1. The average molecular weight is 262 g/mol. The van der Waals surface area contributed by atoms with Crippen LogP contribution in [0.3, 0.4) is 0 Å². The maximum atomic E-state index is 5.44. The quantitative estimate of drug-likeness (QED) is 0.903. The van der Waals surface area contributed by atoms with Gasteiger partial charge < -0.3 is 14.8 Å². The number of rotatable bonds is 3. The standard InChI is InChI=1S/C15H22N2O2/c1-11-7-13(16-2)5-6-17(11)9-12-3-4-14-15(8-12)19-10-18-14/h3-4,8,11,13,16H,5-7,9-10H2,1-2H3. The molecule has 0 aliphatic carbocycles. The van der Waals surface area contributed by atoms with E-state index in [4.69, 9.17) is 9.47 Å². The summed E-state index contributed by atoms with van der Waals surface area (Å²) >= 11 is 0. The summed E-state index contributed by atoms with van der Waals surface area (Å²) in [7, 11) is 2.06. The molecule has 0 bridgehead atoms. The number of benzene rings is 1. The third kappa shape index (κ3) is 2.69. The highest BCUT2D eigenvalue weighted by Crippen LogP contribution is 2.33. The van der Waals surface area contributed by atoms with E-state index in [2.05, 4.69) is 36.3 Å². The van der Waals surface area contributed by atoms with Crippen molar-refractivity contribution >= 4 is 0 Å². The van der Waals surface area contributed by atoms with Crippen molar-refractivity contribution < 1.29 is 9.47 Å². The molecule has 0 spiro atoms. The summed E-state index contributed by atoms with van der Waals surface area (Å²) in [6, 6.07) is 7.56. The summed E-state index contributed by atoms with van der Waals surface area (Å²) in [6.45, 7) is 4.81. The number of fused-ring (bicyclic) bond motifs is 1. The predicted octanol–water partition coefficient (Wildman–Crippen LogP) is 1.99. The molecule has 2 aliphatic heterocycles. The maximum Gasteiger partial charge on any atom is 0.231 e. The number of hydrogen-bond acceptors (Lipinski definition) is 4. The molecule has 104 valence electrons. The first kappa shape index (κ1) is 12.8. The summed E-state index contributed by atoms with van der Waals surface area (Å²) in [5.41, 5.74) is 1.30. The number of nitrogens with one attached hydrogen (secondary N) is 1. The van der Waals surface area contributed by atoms with E-state index in [9.17, 15) is 0 Å². The van der Waals surface area contributed by atoms with Crippen molar-refractivity contribution in [1.82, 2.24) is 10.2 Å². The average Bonchev–Trinajstić information content (AvgIpc) is 2.88. The van der Waals surface area contributed by atoms with Gasteiger partial charge in [0.05, 0.1) is 0 Å². The van der Waals surface area contributed by atoms with Crippen molar-refractivity contribution in [2.45, 2.75) is 38.4 Å². The number of hydrogen-bond donors (Lipinski definition) is 1. The van der Waals surface area contributed by atoms with Crippen LogP contribution in [0.15, 0.2) is 18.2 Å². The van der Waals surface area contributed by atoms with E-state index < -0.39 is 0 Å². The van der Waals surface area contributed by atoms with Crippen molar-refractivity contribution in [3.8, 4) is 11.5 Å². The monoisotopic (exact) mass is 262 g/mol. The summed E-state index contributed by atoms with van der Waals surface area (Å²) in [5.74, 6) is 1.75. The van der Waals surface area contributed by atoms with Gasteiger partial charge in [-0.1, -0.05) is 6.07 Å². The molecule has 3 rings (SSSR count). The Morgan fingerprint density at radius 3 is 2.95 bits per heavy atom. The molecule has 0 radical (unpaired) electrons. The Hall–Kier alpha value is -1.26. The fourth-order valence-electron chi connectivity index (χ4n) is 2.99. The van der Waals surface area contributed by atoms with E-state index in [-0.39, 0.29) is 0 Å². The van der Waals surface area contributed by atoms with Gasteiger partial charge in [-0.25, -0.2) is 0 Å². The van der Waals surface area contributed by atoms with Crippen LogP contribution in [0.1, 0.15) is 25.3 Å². The van der Waals surface area contributed by atoms with Gasteiger partial charge in [0.15, 0.2) is 11.5 Å². The minimum atomic E-state index is 0.350. The van der Waals surface area contributed by atoms with Gasteiger partial charge in [-0.3, -0.25) is 4.90 Å². The molecular weight excluding hydrogens is 240 g/mol. The molecule has 1 aromatic rings. The van der Waals surface area contributed by atoms with Gasteiger partial charge in [0, 0.05) is 25.2 Å². The van der Waals surface area contributed by atoms with Crippen LogP contribution in [-0.4, -0.2) is 37.4 Å². The van der Waals surface area contributed by atoms with Gasteiger partial charge in [-0.2, -0.15) is 0 Å². The Balaban J connectivity index is 1.65. The van der Waals surface area contributed by atoms with Crippen LogP contribution in [0.2, 0.25) is 0 Å². The van der Waals surface area contributed by atoms with Crippen LogP contribution < -0.4 is 14.8 Å². The zero-order valence-electron chi connectivity index (χ0n) is 11.7. The third-order valence-electron chi connectivity index (χ3n) is 4.24. The molecule has 2 aliphatic rings. The molecule has 4 heteroatoms. The first-order valence-electron chi connectivity index (χ1n) is 7.06. The molecule has 0 saturated carbocycles. The van der Waals surface area contributed by atoms with E-state index in [0.717, 1.165) is 24.6 Å². The van der Waals surface area contributed by atoms with E-state index in [1.165, 1.54) is 18.4 Å². The molecule has 1 N–H and O–H groups in total. The van der Waals surface area contributed by atoms with Gasteiger partial charge >= 0.3 is 0 Å². The number of piperidine rings is 1. The molecule has 0 aromatic heterocycles. The van der Waals surface area contributed by atoms with Crippen molar-refractivity contribution in [3.05, 3.63) is 23.8 Å². The molecule has 4 nitrogen and oxygen atoms in total. The fourth-order valence-corrected chi connectivity index (χ4v) is 2.99. The Labute approximate surface area is 114 Å². The molecule has 1 saturated heterocycles. The Morgan fingerprint density at radius 1 is 1.32 bits per heavy atom. The first-order valence-corrected chi connectivity index (χ1v) is 7.06. The molecule has 2 unspecified atom stereocenters. The van der Waals surface area contributed by atoms with E-state index in [1.807, 2.05) is 6.07 Å². The Bertz CT molecular complexity index is 450. The van der Waals surface area contributed by atoms with Crippen molar-refractivity contribution in [2.24, 2.45) is 0 Å². The van der Waals surface area contributed by atoms with Crippen molar-refractivity contribution in [2.75, 3.05) is 20.4 Å². The highest BCUT2D eigenvalue weighted by molar-refractivity contribution is 5.44. The van der Waals surface area contributed by atoms with Gasteiger partial charge in [0.25, 0.3) is 0 Å². The normalized spacial score (nSPS) is 26.6. The van der Waals surface area contributed by atoms with E-state index >= 15 is 0 Å². The molecule has 2 heterocycles. The highest BCUT2D eigenvalue weighted by Gasteiger charge is 2.24. The van der Waals surface area contributed by atoms with Crippen molar-refractivity contribution in [1.29, 1.82) is 0 Å². The Morgan fingerprint density at radius 2 is 2.16 bits per heavy atom. The van der Waals surface area contributed by atoms with Crippen LogP contribution in [-0.2, 0) is 6.54 Å².